The van der Waals surface area contributed by atoms with E-state index in [-0.39, 0.29) is 0 Å². The number of halogens is 1. The molecule has 3 nitrogen and oxygen atoms in total. The summed E-state index contributed by atoms with van der Waals surface area (Å²) in [5, 5.41) is 20.7. The zero-order chi connectivity index (χ0) is 9.35. The molecule has 66 valence electrons. The van der Waals surface area contributed by atoms with Crippen LogP contribution in [0.2, 0.25) is 0 Å². The molecular formula is C8H10BrNO2. The van der Waals surface area contributed by atoms with Crippen molar-refractivity contribution in [2.75, 3.05) is 0 Å². The molecule has 0 aliphatic carbocycles. The van der Waals surface area contributed by atoms with Crippen LogP contribution in [0.25, 0.3) is 0 Å². The maximum atomic E-state index is 11.2. The largest absolute Gasteiger partial charge is 0.618 e. The zero-order valence-electron chi connectivity index (χ0n) is 6.91. The number of aromatic nitrogens is 1. The zero-order valence-corrected chi connectivity index (χ0v) is 8.50. The number of nitrogens with zero attached hydrogens (tertiary/aromatic N) is 1. The summed E-state index contributed by atoms with van der Waals surface area (Å²) < 4.78 is 1.44. The molecule has 0 spiro atoms. The second kappa shape index (κ2) is 3.03. The van der Waals surface area contributed by atoms with Gasteiger partial charge in [-0.15, -0.1) is 0 Å². The van der Waals surface area contributed by atoms with Gasteiger partial charge in [0.1, 0.15) is 5.60 Å². The van der Waals surface area contributed by atoms with E-state index >= 15 is 0 Å². The molecule has 1 aromatic rings. The fourth-order valence-corrected chi connectivity index (χ4v) is 1.24. The lowest BCUT2D eigenvalue weighted by molar-refractivity contribution is -0.622. The molecule has 0 amide bonds. The summed E-state index contributed by atoms with van der Waals surface area (Å²) in [6.45, 7) is 3.15. The fraction of sp³-hybridized carbons (Fsp3) is 0.375. The molecule has 0 atom stereocenters. The standard InChI is InChI=1S/C8H10BrNO2/c1-8(2,11)7-5-6(9)3-4-10(7)12/h3-5,11H,1-2H3. The highest BCUT2D eigenvalue weighted by Gasteiger charge is 2.25. The molecule has 12 heavy (non-hydrogen) atoms. The normalized spacial score (nSPS) is 11.7. The maximum absolute atomic E-state index is 11.2. The highest BCUT2D eigenvalue weighted by Crippen LogP contribution is 2.18. The highest BCUT2D eigenvalue weighted by molar-refractivity contribution is 9.10. The van der Waals surface area contributed by atoms with Gasteiger partial charge in [0.15, 0.2) is 6.20 Å². The minimum absolute atomic E-state index is 0.330. The Bertz CT molecular complexity index is 294. The van der Waals surface area contributed by atoms with Gasteiger partial charge in [-0.3, -0.25) is 0 Å². The van der Waals surface area contributed by atoms with E-state index in [4.69, 9.17) is 0 Å². The molecule has 1 heterocycles. The number of pyridine rings is 1. The van der Waals surface area contributed by atoms with Gasteiger partial charge >= 0.3 is 0 Å². The van der Waals surface area contributed by atoms with E-state index in [1.54, 1.807) is 26.0 Å². The summed E-state index contributed by atoms with van der Waals surface area (Å²) in [4.78, 5) is 0. The van der Waals surface area contributed by atoms with Crippen molar-refractivity contribution in [2.45, 2.75) is 19.4 Å². The molecule has 1 N–H and O–H groups in total. The van der Waals surface area contributed by atoms with E-state index in [1.807, 2.05) is 0 Å². The van der Waals surface area contributed by atoms with Crippen molar-refractivity contribution in [3.63, 3.8) is 0 Å². The predicted molar refractivity (Wildman–Crippen MR) is 48.3 cm³/mol. The maximum Gasteiger partial charge on any atom is 0.225 e. The van der Waals surface area contributed by atoms with E-state index in [0.29, 0.717) is 10.4 Å². The van der Waals surface area contributed by atoms with Crippen LogP contribution in [0.3, 0.4) is 0 Å². The van der Waals surface area contributed by atoms with Crippen molar-refractivity contribution >= 4 is 15.9 Å². The second-order valence-electron chi connectivity index (χ2n) is 3.12. The van der Waals surface area contributed by atoms with Crippen LogP contribution in [0.4, 0.5) is 0 Å². The molecule has 0 saturated heterocycles. The Hall–Kier alpha value is -0.610. The molecule has 4 heteroatoms. The van der Waals surface area contributed by atoms with Crippen LogP contribution >= 0.6 is 15.9 Å². The summed E-state index contributed by atoms with van der Waals surface area (Å²) >= 11 is 3.23. The molecule has 0 radical (unpaired) electrons. The second-order valence-corrected chi connectivity index (χ2v) is 4.03. The van der Waals surface area contributed by atoms with Gasteiger partial charge in [-0.25, -0.2) is 0 Å². The molecule has 0 fully saturated rings. The first kappa shape index (κ1) is 9.48. The highest BCUT2D eigenvalue weighted by atomic mass is 79.9. The summed E-state index contributed by atoms with van der Waals surface area (Å²) in [5.41, 5.74) is -0.775. The third-order valence-electron chi connectivity index (χ3n) is 1.51. The van der Waals surface area contributed by atoms with Crippen LogP contribution in [0.5, 0.6) is 0 Å². The first-order valence-corrected chi connectivity index (χ1v) is 4.32. The Labute approximate surface area is 79.4 Å². The van der Waals surface area contributed by atoms with Crippen LogP contribution in [0, 0.1) is 5.21 Å². The summed E-state index contributed by atoms with van der Waals surface area (Å²) in [6.07, 6.45) is 1.36. The van der Waals surface area contributed by atoms with Crippen molar-refractivity contribution in [1.29, 1.82) is 0 Å². The van der Waals surface area contributed by atoms with E-state index in [0.717, 1.165) is 4.47 Å². The van der Waals surface area contributed by atoms with E-state index in [2.05, 4.69) is 15.9 Å². The Kier molecular flexibility index (Phi) is 2.39. The van der Waals surface area contributed by atoms with Crippen molar-refractivity contribution in [1.82, 2.24) is 0 Å². The van der Waals surface area contributed by atoms with Crippen molar-refractivity contribution in [3.8, 4) is 0 Å². The van der Waals surface area contributed by atoms with Crippen LogP contribution in [-0.4, -0.2) is 5.11 Å². The monoisotopic (exact) mass is 231 g/mol. The minimum Gasteiger partial charge on any atom is -0.618 e. The van der Waals surface area contributed by atoms with Gasteiger partial charge in [0.2, 0.25) is 5.69 Å². The average molecular weight is 232 g/mol. The molecule has 1 rings (SSSR count). The van der Waals surface area contributed by atoms with Gasteiger partial charge in [0, 0.05) is 16.6 Å². The van der Waals surface area contributed by atoms with E-state index < -0.39 is 5.60 Å². The third-order valence-corrected chi connectivity index (χ3v) is 2.00. The predicted octanol–water partition coefficient (Wildman–Crippen LogP) is 1.31. The quantitative estimate of drug-likeness (QED) is 0.586. The molecule has 0 aromatic carbocycles. The number of rotatable bonds is 1. The Morgan fingerprint density at radius 2 is 2.17 bits per heavy atom. The van der Waals surface area contributed by atoms with Crippen LogP contribution in [0.15, 0.2) is 22.8 Å². The molecule has 0 aliphatic heterocycles. The summed E-state index contributed by atoms with van der Waals surface area (Å²) in [6, 6.07) is 3.23. The smallest absolute Gasteiger partial charge is 0.225 e. The van der Waals surface area contributed by atoms with Gasteiger partial charge in [-0.2, -0.15) is 4.73 Å². The van der Waals surface area contributed by atoms with Crippen molar-refractivity contribution < 1.29 is 9.84 Å². The number of hydrogen-bond acceptors (Lipinski definition) is 2. The van der Waals surface area contributed by atoms with Crippen LogP contribution < -0.4 is 4.73 Å². The van der Waals surface area contributed by atoms with Crippen LogP contribution in [0.1, 0.15) is 19.5 Å². The van der Waals surface area contributed by atoms with Crippen molar-refractivity contribution in [3.05, 3.63) is 33.7 Å². The molecule has 1 aromatic heterocycles. The Morgan fingerprint density at radius 3 is 2.58 bits per heavy atom. The molecule has 0 bridgehead atoms. The van der Waals surface area contributed by atoms with Gasteiger partial charge in [-0.05, 0) is 13.8 Å². The first-order chi connectivity index (χ1) is 5.41. The lowest BCUT2D eigenvalue weighted by Gasteiger charge is -2.15. The van der Waals surface area contributed by atoms with E-state index in [9.17, 15) is 10.3 Å². The van der Waals surface area contributed by atoms with Gasteiger partial charge < -0.3 is 10.3 Å². The third kappa shape index (κ3) is 1.95. The Balaban J connectivity index is 3.23. The minimum atomic E-state index is -1.11. The number of aliphatic hydroxyl groups is 1. The first-order valence-electron chi connectivity index (χ1n) is 3.53. The topological polar surface area (TPSA) is 47.2 Å². The summed E-state index contributed by atoms with van der Waals surface area (Å²) in [5.74, 6) is 0. The molecule has 0 saturated carbocycles. The lowest BCUT2D eigenvalue weighted by Crippen LogP contribution is -2.38. The molecular weight excluding hydrogens is 222 g/mol. The van der Waals surface area contributed by atoms with Crippen LogP contribution in [-0.2, 0) is 5.60 Å². The van der Waals surface area contributed by atoms with Gasteiger partial charge in [0.05, 0.1) is 0 Å². The van der Waals surface area contributed by atoms with Gasteiger partial charge in [0.25, 0.3) is 0 Å². The average Bonchev–Trinajstić information content (AvgIpc) is 1.92. The van der Waals surface area contributed by atoms with Gasteiger partial charge in [-0.1, -0.05) is 15.9 Å². The SMILES string of the molecule is CC(C)(O)c1cc(Br)cc[n+]1[O-]. The number of hydrogen-bond donors (Lipinski definition) is 1. The Morgan fingerprint density at radius 1 is 1.58 bits per heavy atom. The fourth-order valence-electron chi connectivity index (χ4n) is 0.908. The molecule has 0 unspecified atom stereocenters. The molecule has 0 aliphatic rings. The van der Waals surface area contributed by atoms with Crippen molar-refractivity contribution in [2.24, 2.45) is 0 Å². The summed E-state index contributed by atoms with van der Waals surface area (Å²) in [7, 11) is 0. The van der Waals surface area contributed by atoms with E-state index in [1.165, 1.54) is 6.20 Å². The lowest BCUT2D eigenvalue weighted by atomic mass is 10.1.